The van der Waals surface area contributed by atoms with Gasteiger partial charge in [0.05, 0.1) is 6.26 Å². The van der Waals surface area contributed by atoms with E-state index in [0.717, 1.165) is 23.4 Å². The maximum atomic E-state index is 11.5. The zero-order chi connectivity index (χ0) is 16.1. The Morgan fingerprint density at radius 3 is 2.83 bits per heavy atom. The summed E-state index contributed by atoms with van der Waals surface area (Å²) in [5.74, 6) is 1.25. The van der Waals surface area contributed by atoms with Gasteiger partial charge in [0.15, 0.2) is 0 Å². The summed E-state index contributed by atoms with van der Waals surface area (Å²) in [6, 6.07) is 5.38. The van der Waals surface area contributed by atoms with Gasteiger partial charge in [-0.1, -0.05) is 6.42 Å². The van der Waals surface area contributed by atoms with Gasteiger partial charge in [-0.15, -0.1) is 0 Å². The fraction of sp³-hybridized carbons (Fsp3) is 0.471. The average Bonchev–Trinajstić information content (AvgIpc) is 3.00. The minimum absolute atomic E-state index is 0.310. The third-order valence-electron chi connectivity index (χ3n) is 4.19. The molecule has 2 N–H and O–H groups in total. The summed E-state index contributed by atoms with van der Waals surface area (Å²) in [5.41, 5.74) is 1.78. The summed E-state index contributed by atoms with van der Waals surface area (Å²) in [6.07, 6.45) is 5.48. The number of ether oxygens (including phenoxy) is 1. The molecule has 0 aromatic rings. The number of piperidine rings is 1. The molecule has 2 aliphatic heterocycles. The number of anilines is 1. The van der Waals surface area contributed by atoms with Gasteiger partial charge >= 0.3 is 6.03 Å². The highest BCUT2D eigenvalue weighted by atomic mass is 16.5. The molecule has 6 heteroatoms. The van der Waals surface area contributed by atoms with Crippen molar-refractivity contribution >= 4 is 11.9 Å². The van der Waals surface area contributed by atoms with Crippen LogP contribution in [0.2, 0.25) is 0 Å². The first kappa shape index (κ1) is 15.7. The highest BCUT2D eigenvalue weighted by Gasteiger charge is 2.18. The molecule has 0 spiro atoms. The number of amides is 2. The van der Waals surface area contributed by atoms with E-state index >= 15 is 0 Å². The van der Waals surface area contributed by atoms with Crippen molar-refractivity contribution in [2.75, 3.05) is 38.6 Å². The largest absolute Gasteiger partial charge is 0.492 e. The molecule has 2 amide bonds. The number of nitrogens with zero attached hydrogens (tertiary/aromatic N) is 1. The van der Waals surface area contributed by atoms with Gasteiger partial charge < -0.3 is 14.5 Å². The Morgan fingerprint density at radius 2 is 2.04 bits per heavy atom. The summed E-state index contributed by atoms with van der Waals surface area (Å²) in [6.45, 7) is 3.96. The first-order valence-corrected chi connectivity index (χ1v) is 8.12. The number of hydrogen-bond donors (Lipinski definition) is 2. The number of likely N-dealkylation sites (tertiary alicyclic amines) is 1. The van der Waals surface area contributed by atoms with Gasteiger partial charge in [-0.3, -0.25) is 10.2 Å². The van der Waals surface area contributed by atoms with Crippen molar-refractivity contribution in [3.63, 3.8) is 0 Å². The van der Waals surface area contributed by atoms with E-state index in [9.17, 15) is 4.79 Å². The molecule has 0 unspecified atom stereocenters. The molecule has 3 aliphatic rings. The fourth-order valence-corrected chi connectivity index (χ4v) is 2.93. The molecule has 1 saturated heterocycles. The first-order chi connectivity index (χ1) is 11.3. The Hall–Kier alpha value is -2.21. The van der Waals surface area contributed by atoms with E-state index in [2.05, 4.69) is 15.5 Å². The lowest BCUT2D eigenvalue weighted by Crippen LogP contribution is -2.33. The van der Waals surface area contributed by atoms with Gasteiger partial charge in [0.2, 0.25) is 5.88 Å². The van der Waals surface area contributed by atoms with Gasteiger partial charge in [-0.25, -0.2) is 4.79 Å². The number of hydrogen-bond acceptors (Lipinski definition) is 4. The summed E-state index contributed by atoms with van der Waals surface area (Å²) in [4.78, 5) is 13.9. The van der Waals surface area contributed by atoms with Gasteiger partial charge in [0.1, 0.15) is 12.4 Å². The molecule has 1 fully saturated rings. The summed E-state index contributed by atoms with van der Waals surface area (Å²) < 4.78 is 11.3. The van der Waals surface area contributed by atoms with Crippen LogP contribution in [0.4, 0.5) is 10.7 Å². The second-order valence-corrected chi connectivity index (χ2v) is 5.73. The lowest BCUT2D eigenvalue weighted by molar-refractivity contribution is 0.184. The standard InChI is InChI=1S/C17H23N3O3/c1-18-17(21)19-16-14-5-6-15(13(14)7-11-23-16)22-12-10-20-8-3-2-4-9-20/h5-7,11H,2-4,8-10,12H2,1H3,(H2,18,19,21). The van der Waals surface area contributed by atoms with Crippen LogP contribution in [0.25, 0.3) is 11.1 Å². The zero-order valence-corrected chi connectivity index (χ0v) is 13.4. The first-order valence-electron chi connectivity index (χ1n) is 8.12. The maximum absolute atomic E-state index is 11.5. The minimum atomic E-state index is -0.310. The Bertz CT molecular complexity index is 620. The van der Waals surface area contributed by atoms with E-state index in [1.54, 1.807) is 13.3 Å². The van der Waals surface area contributed by atoms with Crippen LogP contribution in [0.3, 0.4) is 0 Å². The molecule has 3 rings (SSSR count). The molecule has 124 valence electrons. The highest BCUT2D eigenvalue weighted by Crippen LogP contribution is 2.39. The Kier molecular flexibility index (Phi) is 5.02. The van der Waals surface area contributed by atoms with Crippen LogP contribution in [0, 0.1) is 0 Å². The van der Waals surface area contributed by atoms with Gasteiger partial charge in [0, 0.05) is 24.7 Å². The van der Waals surface area contributed by atoms with E-state index < -0.39 is 0 Å². The fourth-order valence-electron chi connectivity index (χ4n) is 2.93. The molecule has 0 atom stereocenters. The van der Waals surface area contributed by atoms with E-state index in [-0.39, 0.29) is 6.03 Å². The van der Waals surface area contributed by atoms with Crippen LogP contribution in [0.15, 0.2) is 28.9 Å². The van der Waals surface area contributed by atoms with Crippen molar-refractivity contribution in [2.45, 2.75) is 19.3 Å². The predicted octanol–water partition coefficient (Wildman–Crippen LogP) is 3.00. The number of rotatable bonds is 5. The quantitative estimate of drug-likeness (QED) is 0.889. The van der Waals surface area contributed by atoms with Crippen LogP contribution >= 0.6 is 0 Å². The summed E-state index contributed by atoms with van der Waals surface area (Å²) in [7, 11) is 1.57. The lowest BCUT2D eigenvalue weighted by Gasteiger charge is -2.26. The number of carbonyl (C=O) groups excluding carboxylic acids is 1. The molecule has 23 heavy (non-hydrogen) atoms. The van der Waals surface area contributed by atoms with Crippen molar-refractivity contribution in [2.24, 2.45) is 0 Å². The second kappa shape index (κ2) is 7.37. The van der Waals surface area contributed by atoms with Gasteiger partial charge in [-0.05, 0) is 44.1 Å². The molecule has 0 aromatic heterocycles. The van der Waals surface area contributed by atoms with E-state index in [1.165, 1.54) is 32.4 Å². The molecule has 2 heterocycles. The SMILES string of the molecule is CNC(=O)Nc1occc2c(OCCN3CCCCC3)ccc1-2. The number of carbonyl (C=O) groups is 1. The van der Waals surface area contributed by atoms with Crippen molar-refractivity contribution in [1.82, 2.24) is 10.2 Å². The molecule has 0 aromatic carbocycles. The van der Waals surface area contributed by atoms with Gasteiger partial charge in [0.25, 0.3) is 0 Å². The van der Waals surface area contributed by atoms with Gasteiger partial charge in [-0.2, -0.15) is 0 Å². The van der Waals surface area contributed by atoms with Crippen molar-refractivity contribution in [1.29, 1.82) is 0 Å². The predicted molar refractivity (Wildman–Crippen MR) is 89.2 cm³/mol. The van der Waals surface area contributed by atoms with Crippen LogP contribution in [0.1, 0.15) is 19.3 Å². The van der Waals surface area contributed by atoms with Crippen LogP contribution in [-0.2, 0) is 0 Å². The second-order valence-electron chi connectivity index (χ2n) is 5.73. The molecule has 0 radical (unpaired) electrons. The number of fused-ring (bicyclic) bond motifs is 1. The van der Waals surface area contributed by atoms with Crippen LogP contribution < -0.4 is 15.4 Å². The molecular formula is C17H23N3O3. The summed E-state index contributed by atoms with van der Waals surface area (Å²) in [5, 5.41) is 5.18. The molecule has 6 nitrogen and oxygen atoms in total. The maximum Gasteiger partial charge on any atom is 0.321 e. The smallest absolute Gasteiger partial charge is 0.321 e. The molecule has 0 bridgehead atoms. The number of nitrogens with one attached hydrogen (secondary N) is 2. The number of urea groups is 1. The van der Waals surface area contributed by atoms with E-state index in [4.69, 9.17) is 9.15 Å². The van der Waals surface area contributed by atoms with Crippen LogP contribution in [0.5, 0.6) is 5.75 Å². The monoisotopic (exact) mass is 317 g/mol. The molecule has 0 saturated carbocycles. The normalized spacial score (nSPS) is 15.5. The van der Waals surface area contributed by atoms with Crippen LogP contribution in [-0.4, -0.2) is 44.2 Å². The van der Waals surface area contributed by atoms with Crippen molar-refractivity contribution in [3.05, 3.63) is 24.5 Å². The molecule has 1 aliphatic carbocycles. The average molecular weight is 317 g/mol. The van der Waals surface area contributed by atoms with Crippen molar-refractivity contribution < 1.29 is 13.9 Å². The summed E-state index contributed by atoms with van der Waals surface area (Å²) >= 11 is 0. The van der Waals surface area contributed by atoms with E-state index in [0.29, 0.717) is 12.5 Å². The Morgan fingerprint density at radius 1 is 1.22 bits per heavy atom. The van der Waals surface area contributed by atoms with Crippen molar-refractivity contribution in [3.8, 4) is 16.9 Å². The lowest BCUT2D eigenvalue weighted by atomic mass is 10.1. The highest BCUT2D eigenvalue weighted by molar-refractivity contribution is 5.93. The topological polar surface area (TPSA) is 66.7 Å². The minimum Gasteiger partial charge on any atom is -0.492 e. The zero-order valence-electron chi connectivity index (χ0n) is 13.4. The Labute approximate surface area is 136 Å². The van der Waals surface area contributed by atoms with E-state index in [1.807, 2.05) is 18.2 Å². The third kappa shape index (κ3) is 3.76. The Balaban J connectivity index is 1.60. The molecular weight excluding hydrogens is 294 g/mol. The third-order valence-corrected chi connectivity index (χ3v) is 4.19.